The number of halogens is 4. The van der Waals surface area contributed by atoms with E-state index in [1.807, 2.05) is 12.2 Å². The van der Waals surface area contributed by atoms with Crippen molar-refractivity contribution < 1.29 is 23.1 Å². The van der Waals surface area contributed by atoms with Gasteiger partial charge in [0, 0.05) is 4.90 Å². The topological polar surface area (TPSA) is 49.3 Å². The Kier molecular flexibility index (Phi) is 5.95. The van der Waals surface area contributed by atoms with Gasteiger partial charge in [0.1, 0.15) is 0 Å². The molecule has 1 atom stereocenters. The van der Waals surface area contributed by atoms with Crippen molar-refractivity contribution in [3.8, 4) is 0 Å². The molecule has 1 amide bonds. The van der Waals surface area contributed by atoms with E-state index in [2.05, 4.69) is 0 Å². The molecular formula is C13H15ClF3NO2S. The fourth-order valence-electron chi connectivity index (χ4n) is 1.28. The number of aliphatic hydroxyl groups is 1. The van der Waals surface area contributed by atoms with Crippen LogP contribution in [0.25, 0.3) is 0 Å². The summed E-state index contributed by atoms with van der Waals surface area (Å²) in [7, 11) is 0. The van der Waals surface area contributed by atoms with Crippen molar-refractivity contribution in [1.82, 2.24) is 0 Å². The minimum atomic E-state index is -5.07. The van der Waals surface area contributed by atoms with E-state index in [0.717, 1.165) is 17.1 Å². The van der Waals surface area contributed by atoms with Gasteiger partial charge < -0.3 is 10.4 Å². The monoisotopic (exact) mass is 341 g/mol. The van der Waals surface area contributed by atoms with Crippen molar-refractivity contribution in [2.24, 2.45) is 0 Å². The summed E-state index contributed by atoms with van der Waals surface area (Å²) >= 11 is 7.47. The number of nitrogens with one attached hydrogen (secondary N) is 1. The molecular weight excluding hydrogens is 327 g/mol. The molecule has 21 heavy (non-hydrogen) atoms. The van der Waals surface area contributed by atoms with E-state index in [1.165, 1.54) is 6.07 Å². The quantitative estimate of drug-likeness (QED) is 0.793. The molecule has 0 fully saturated rings. The van der Waals surface area contributed by atoms with Crippen molar-refractivity contribution in [3.05, 3.63) is 23.2 Å². The molecule has 2 N–H and O–H groups in total. The number of alkyl halides is 3. The lowest BCUT2D eigenvalue weighted by Gasteiger charge is -2.25. The lowest BCUT2D eigenvalue weighted by Crippen LogP contribution is -2.52. The molecule has 8 heteroatoms. The first-order chi connectivity index (χ1) is 9.59. The lowest BCUT2D eigenvalue weighted by atomic mass is 10.1. The van der Waals surface area contributed by atoms with E-state index >= 15 is 0 Å². The maximum Gasteiger partial charge on any atom is 0.426 e. The molecule has 0 aliphatic heterocycles. The Labute approximate surface area is 129 Å². The largest absolute Gasteiger partial charge is 0.426 e. The Morgan fingerprint density at radius 1 is 1.43 bits per heavy atom. The van der Waals surface area contributed by atoms with Crippen molar-refractivity contribution >= 4 is 35.0 Å². The van der Waals surface area contributed by atoms with E-state index < -0.39 is 17.7 Å². The van der Waals surface area contributed by atoms with Gasteiger partial charge in [-0.05, 0) is 37.3 Å². The van der Waals surface area contributed by atoms with Crippen molar-refractivity contribution in [2.45, 2.75) is 36.9 Å². The van der Waals surface area contributed by atoms with Gasteiger partial charge in [-0.3, -0.25) is 4.79 Å². The molecule has 0 heterocycles. The second kappa shape index (κ2) is 6.89. The van der Waals surface area contributed by atoms with E-state index in [4.69, 9.17) is 11.6 Å². The SMILES string of the molecule is CCCSc1ccc(NC(=O)C(C)(O)C(F)(F)F)c(Cl)c1. The number of rotatable bonds is 5. The minimum absolute atomic E-state index is 0.0204. The smallest absolute Gasteiger partial charge is 0.373 e. The molecule has 0 radical (unpaired) electrons. The summed E-state index contributed by atoms with van der Waals surface area (Å²) in [5.41, 5.74) is -3.46. The van der Waals surface area contributed by atoms with Gasteiger partial charge in [-0.15, -0.1) is 11.8 Å². The number of anilines is 1. The maximum absolute atomic E-state index is 12.5. The molecule has 1 aromatic carbocycles. The van der Waals surface area contributed by atoms with Gasteiger partial charge in [-0.2, -0.15) is 13.2 Å². The standard InChI is InChI=1S/C13H15ClF3NO2S/c1-3-6-21-8-4-5-10(9(14)7-8)18-11(19)12(2,20)13(15,16)17/h4-5,7,20H,3,6H2,1-2H3,(H,18,19). The molecule has 0 saturated carbocycles. The molecule has 0 saturated heterocycles. The summed E-state index contributed by atoms with van der Waals surface area (Å²) in [4.78, 5) is 12.4. The fraction of sp³-hybridized carbons (Fsp3) is 0.462. The van der Waals surface area contributed by atoms with Crippen LogP contribution < -0.4 is 5.32 Å². The molecule has 0 aromatic heterocycles. The zero-order valence-electron chi connectivity index (χ0n) is 11.4. The molecule has 118 valence electrons. The highest BCUT2D eigenvalue weighted by Crippen LogP contribution is 2.33. The first-order valence-electron chi connectivity index (χ1n) is 6.12. The van der Waals surface area contributed by atoms with Crippen LogP contribution in [0.3, 0.4) is 0 Å². The minimum Gasteiger partial charge on any atom is -0.373 e. The van der Waals surface area contributed by atoms with Gasteiger partial charge in [0.25, 0.3) is 5.91 Å². The average Bonchev–Trinajstić information content (AvgIpc) is 2.37. The van der Waals surface area contributed by atoms with Crippen LogP contribution in [0.5, 0.6) is 0 Å². The van der Waals surface area contributed by atoms with Gasteiger partial charge in [0.2, 0.25) is 5.60 Å². The van der Waals surface area contributed by atoms with E-state index in [0.29, 0.717) is 6.92 Å². The van der Waals surface area contributed by atoms with Crippen LogP contribution in [-0.2, 0) is 4.79 Å². The summed E-state index contributed by atoms with van der Waals surface area (Å²) in [5.74, 6) is -0.698. The van der Waals surface area contributed by atoms with Crippen LogP contribution in [0.1, 0.15) is 20.3 Å². The van der Waals surface area contributed by atoms with Crippen LogP contribution in [0.15, 0.2) is 23.1 Å². The molecule has 0 aliphatic rings. The normalized spacial score (nSPS) is 14.6. The second-order valence-corrected chi connectivity index (χ2v) is 6.09. The Bertz CT molecular complexity index is 521. The van der Waals surface area contributed by atoms with Crippen molar-refractivity contribution in [2.75, 3.05) is 11.1 Å². The number of hydrogen-bond donors (Lipinski definition) is 2. The fourth-order valence-corrected chi connectivity index (χ4v) is 2.38. The van der Waals surface area contributed by atoms with Gasteiger partial charge in [-0.25, -0.2) is 0 Å². The number of hydrogen-bond acceptors (Lipinski definition) is 3. The van der Waals surface area contributed by atoms with Gasteiger partial charge in [0.15, 0.2) is 0 Å². The zero-order chi connectivity index (χ0) is 16.3. The van der Waals surface area contributed by atoms with Gasteiger partial charge in [-0.1, -0.05) is 18.5 Å². The summed E-state index contributed by atoms with van der Waals surface area (Å²) in [6, 6.07) is 4.61. The summed E-state index contributed by atoms with van der Waals surface area (Å²) in [5, 5.41) is 11.4. The van der Waals surface area contributed by atoms with E-state index in [1.54, 1.807) is 23.9 Å². The van der Waals surface area contributed by atoms with E-state index in [9.17, 15) is 23.1 Å². The lowest BCUT2D eigenvalue weighted by molar-refractivity contribution is -0.242. The maximum atomic E-state index is 12.5. The van der Waals surface area contributed by atoms with Crippen molar-refractivity contribution in [3.63, 3.8) is 0 Å². The van der Waals surface area contributed by atoms with Gasteiger partial charge >= 0.3 is 6.18 Å². The van der Waals surface area contributed by atoms with E-state index in [-0.39, 0.29) is 10.7 Å². The molecule has 3 nitrogen and oxygen atoms in total. The van der Waals surface area contributed by atoms with Crippen LogP contribution >= 0.6 is 23.4 Å². The Morgan fingerprint density at radius 3 is 2.52 bits per heavy atom. The number of thioether (sulfide) groups is 1. The molecule has 1 rings (SSSR count). The zero-order valence-corrected chi connectivity index (χ0v) is 13.0. The van der Waals surface area contributed by atoms with Gasteiger partial charge in [0.05, 0.1) is 10.7 Å². The third-order valence-corrected chi connectivity index (χ3v) is 4.17. The molecule has 0 aliphatic carbocycles. The van der Waals surface area contributed by atoms with Crippen LogP contribution in [-0.4, -0.2) is 28.5 Å². The predicted octanol–water partition coefficient (Wildman–Crippen LogP) is 4.09. The van der Waals surface area contributed by atoms with Crippen LogP contribution in [0.4, 0.5) is 18.9 Å². The molecule has 1 aromatic rings. The summed E-state index contributed by atoms with van der Waals surface area (Å²) in [6.45, 7) is 2.41. The van der Waals surface area contributed by atoms with Crippen molar-refractivity contribution in [1.29, 1.82) is 0 Å². The highest BCUT2D eigenvalue weighted by Gasteiger charge is 2.55. The Hall–Kier alpha value is -0.920. The number of carbonyl (C=O) groups excluding carboxylic acids is 1. The van der Waals surface area contributed by atoms with Crippen LogP contribution in [0.2, 0.25) is 5.02 Å². The Morgan fingerprint density at radius 2 is 2.05 bits per heavy atom. The highest BCUT2D eigenvalue weighted by atomic mass is 35.5. The third-order valence-electron chi connectivity index (χ3n) is 2.66. The summed E-state index contributed by atoms with van der Waals surface area (Å²) in [6.07, 6.45) is -4.10. The number of benzene rings is 1. The highest BCUT2D eigenvalue weighted by molar-refractivity contribution is 7.99. The summed E-state index contributed by atoms with van der Waals surface area (Å²) < 4.78 is 37.6. The Balaban J connectivity index is 2.87. The number of carbonyl (C=O) groups is 1. The van der Waals surface area contributed by atoms with Crippen LogP contribution in [0, 0.1) is 0 Å². The molecule has 1 unspecified atom stereocenters. The first kappa shape index (κ1) is 18.1. The third kappa shape index (κ3) is 4.52. The molecule has 0 bridgehead atoms. The first-order valence-corrected chi connectivity index (χ1v) is 7.49. The predicted molar refractivity (Wildman–Crippen MR) is 77.8 cm³/mol. The average molecular weight is 342 g/mol. The second-order valence-electron chi connectivity index (χ2n) is 4.51. The molecule has 0 spiro atoms. The number of amides is 1.